The summed E-state index contributed by atoms with van der Waals surface area (Å²) in [7, 11) is 1.81. The van der Waals surface area contributed by atoms with E-state index in [2.05, 4.69) is 6.92 Å². The van der Waals surface area contributed by atoms with Crippen LogP contribution in [0.5, 0.6) is 5.75 Å². The predicted molar refractivity (Wildman–Crippen MR) is 78.5 cm³/mol. The van der Waals surface area contributed by atoms with Crippen LogP contribution < -0.4 is 10.5 Å². The van der Waals surface area contributed by atoms with Gasteiger partial charge in [0.05, 0.1) is 6.61 Å². The Labute approximate surface area is 115 Å². The quantitative estimate of drug-likeness (QED) is 0.608. The number of nitrogens with zero attached hydrogens (tertiary/aromatic N) is 1. The highest BCUT2D eigenvalue weighted by molar-refractivity contribution is 6.01. The van der Waals surface area contributed by atoms with E-state index in [1.807, 2.05) is 6.92 Å². The number of hydrogen-bond donors (Lipinski definition) is 1. The Kier molecular flexibility index (Phi) is 6.19. The molecule has 0 fully saturated rings. The first-order valence-corrected chi connectivity index (χ1v) is 6.88. The first-order valence-electron chi connectivity index (χ1n) is 6.88. The van der Waals surface area contributed by atoms with Crippen LogP contribution in [0, 0.1) is 0 Å². The molecule has 0 spiro atoms. The third-order valence-corrected chi connectivity index (χ3v) is 3.02. The van der Waals surface area contributed by atoms with Crippen LogP contribution in [0.2, 0.25) is 0 Å². The van der Waals surface area contributed by atoms with E-state index in [0.29, 0.717) is 23.6 Å². The van der Waals surface area contributed by atoms with E-state index in [1.165, 1.54) is 0 Å². The molecule has 4 heteroatoms. The summed E-state index contributed by atoms with van der Waals surface area (Å²) in [5, 5.41) is 0. The average molecular weight is 264 g/mol. The molecule has 0 saturated heterocycles. The van der Waals surface area contributed by atoms with Gasteiger partial charge in [-0.3, -0.25) is 4.79 Å². The molecule has 0 aliphatic rings. The van der Waals surface area contributed by atoms with Gasteiger partial charge in [-0.15, -0.1) is 0 Å². The number of carbonyl (C=O) groups excluding carboxylic acids is 1. The van der Waals surface area contributed by atoms with Gasteiger partial charge in [0.15, 0.2) is 0 Å². The second kappa shape index (κ2) is 7.67. The molecule has 0 atom stereocenters. The maximum atomic E-state index is 12.4. The number of anilines is 1. The number of benzene rings is 1. The molecule has 0 saturated carbocycles. The van der Waals surface area contributed by atoms with Crippen LogP contribution in [-0.4, -0.2) is 31.0 Å². The molecular weight excluding hydrogens is 240 g/mol. The van der Waals surface area contributed by atoms with Crippen LogP contribution >= 0.6 is 0 Å². The fourth-order valence-corrected chi connectivity index (χ4v) is 1.94. The van der Waals surface area contributed by atoms with E-state index in [-0.39, 0.29) is 5.91 Å². The first kappa shape index (κ1) is 15.3. The largest absolute Gasteiger partial charge is 0.493 e. The standard InChI is InChI=1S/C15H24N2O2/c1-4-6-7-11-17(3)15(18)14-12(16)9-8-10-13(14)19-5-2/h8-10H,4-7,11,16H2,1-3H3. The van der Waals surface area contributed by atoms with E-state index in [1.54, 1.807) is 30.1 Å². The van der Waals surface area contributed by atoms with E-state index in [9.17, 15) is 4.79 Å². The highest BCUT2D eigenvalue weighted by Crippen LogP contribution is 2.25. The van der Waals surface area contributed by atoms with Crippen LogP contribution in [0.4, 0.5) is 5.69 Å². The van der Waals surface area contributed by atoms with Crippen molar-refractivity contribution in [2.45, 2.75) is 33.1 Å². The molecule has 2 N–H and O–H groups in total. The lowest BCUT2D eigenvalue weighted by Gasteiger charge is -2.20. The molecule has 0 heterocycles. The van der Waals surface area contributed by atoms with Gasteiger partial charge in [0, 0.05) is 19.3 Å². The molecule has 1 amide bonds. The zero-order valence-corrected chi connectivity index (χ0v) is 12.1. The lowest BCUT2D eigenvalue weighted by Crippen LogP contribution is -2.29. The highest BCUT2D eigenvalue weighted by Gasteiger charge is 2.19. The number of amides is 1. The number of unbranched alkanes of at least 4 members (excludes halogenated alkanes) is 2. The van der Waals surface area contributed by atoms with Crippen LogP contribution in [-0.2, 0) is 0 Å². The van der Waals surface area contributed by atoms with Crippen molar-refractivity contribution >= 4 is 11.6 Å². The van der Waals surface area contributed by atoms with Crippen molar-refractivity contribution in [3.8, 4) is 5.75 Å². The maximum Gasteiger partial charge on any atom is 0.259 e. The maximum absolute atomic E-state index is 12.4. The Hall–Kier alpha value is -1.71. The summed E-state index contributed by atoms with van der Waals surface area (Å²) in [5.74, 6) is 0.493. The van der Waals surface area contributed by atoms with Gasteiger partial charge < -0.3 is 15.4 Å². The van der Waals surface area contributed by atoms with Crippen LogP contribution in [0.15, 0.2) is 18.2 Å². The third-order valence-electron chi connectivity index (χ3n) is 3.02. The molecule has 0 unspecified atom stereocenters. The lowest BCUT2D eigenvalue weighted by molar-refractivity contribution is 0.0789. The minimum Gasteiger partial charge on any atom is -0.493 e. The van der Waals surface area contributed by atoms with Gasteiger partial charge in [0.25, 0.3) is 5.91 Å². The summed E-state index contributed by atoms with van der Waals surface area (Å²) in [6, 6.07) is 5.32. The molecule has 1 aromatic rings. The molecule has 1 rings (SSSR count). The zero-order valence-electron chi connectivity index (χ0n) is 12.1. The van der Waals surface area contributed by atoms with E-state index >= 15 is 0 Å². The minimum absolute atomic E-state index is 0.0716. The van der Waals surface area contributed by atoms with Crippen molar-refractivity contribution < 1.29 is 9.53 Å². The molecule has 0 aromatic heterocycles. The Morgan fingerprint density at radius 2 is 2.05 bits per heavy atom. The molecule has 0 bridgehead atoms. The lowest BCUT2D eigenvalue weighted by atomic mass is 10.1. The Bertz CT molecular complexity index is 419. The summed E-state index contributed by atoms with van der Waals surface area (Å²) in [5.41, 5.74) is 6.86. The number of nitrogen functional groups attached to an aromatic ring is 1. The third kappa shape index (κ3) is 4.16. The van der Waals surface area contributed by atoms with E-state index in [0.717, 1.165) is 25.8 Å². The van der Waals surface area contributed by atoms with Gasteiger partial charge in [-0.2, -0.15) is 0 Å². The second-order valence-corrected chi connectivity index (χ2v) is 4.59. The summed E-state index contributed by atoms with van der Waals surface area (Å²) < 4.78 is 5.49. The van der Waals surface area contributed by atoms with Gasteiger partial charge in [-0.25, -0.2) is 0 Å². The number of rotatable bonds is 7. The highest BCUT2D eigenvalue weighted by atomic mass is 16.5. The summed E-state index contributed by atoms with van der Waals surface area (Å²) >= 11 is 0. The second-order valence-electron chi connectivity index (χ2n) is 4.59. The fourth-order valence-electron chi connectivity index (χ4n) is 1.94. The zero-order chi connectivity index (χ0) is 14.3. The Morgan fingerprint density at radius 3 is 2.68 bits per heavy atom. The summed E-state index contributed by atoms with van der Waals surface area (Å²) in [4.78, 5) is 14.1. The monoisotopic (exact) mass is 264 g/mol. The van der Waals surface area contributed by atoms with Crippen molar-refractivity contribution in [1.29, 1.82) is 0 Å². The molecule has 106 valence electrons. The topological polar surface area (TPSA) is 55.6 Å². The fraction of sp³-hybridized carbons (Fsp3) is 0.533. The molecular formula is C15H24N2O2. The molecule has 0 aliphatic carbocycles. The van der Waals surface area contributed by atoms with E-state index in [4.69, 9.17) is 10.5 Å². The van der Waals surface area contributed by atoms with Gasteiger partial charge in [0.1, 0.15) is 11.3 Å². The van der Waals surface area contributed by atoms with Crippen molar-refractivity contribution in [3.05, 3.63) is 23.8 Å². The van der Waals surface area contributed by atoms with Crippen LogP contribution in [0.3, 0.4) is 0 Å². The Morgan fingerprint density at radius 1 is 1.32 bits per heavy atom. The molecule has 19 heavy (non-hydrogen) atoms. The molecule has 0 radical (unpaired) electrons. The Balaban J connectivity index is 2.85. The number of hydrogen-bond acceptors (Lipinski definition) is 3. The number of ether oxygens (including phenoxy) is 1. The normalized spacial score (nSPS) is 10.3. The van der Waals surface area contributed by atoms with Gasteiger partial charge in [0.2, 0.25) is 0 Å². The smallest absolute Gasteiger partial charge is 0.259 e. The summed E-state index contributed by atoms with van der Waals surface area (Å²) in [6.45, 7) is 5.29. The van der Waals surface area contributed by atoms with Crippen molar-refractivity contribution in [3.63, 3.8) is 0 Å². The van der Waals surface area contributed by atoms with Gasteiger partial charge >= 0.3 is 0 Å². The number of carbonyl (C=O) groups is 1. The summed E-state index contributed by atoms with van der Waals surface area (Å²) in [6.07, 6.45) is 3.27. The average Bonchev–Trinajstić information content (AvgIpc) is 2.39. The molecule has 0 aliphatic heterocycles. The van der Waals surface area contributed by atoms with Crippen molar-refractivity contribution in [1.82, 2.24) is 4.90 Å². The molecule has 1 aromatic carbocycles. The van der Waals surface area contributed by atoms with E-state index < -0.39 is 0 Å². The minimum atomic E-state index is -0.0716. The molecule has 4 nitrogen and oxygen atoms in total. The van der Waals surface area contributed by atoms with Crippen LogP contribution in [0.1, 0.15) is 43.5 Å². The van der Waals surface area contributed by atoms with Crippen LogP contribution in [0.25, 0.3) is 0 Å². The van der Waals surface area contributed by atoms with Crippen molar-refractivity contribution in [2.24, 2.45) is 0 Å². The number of nitrogens with two attached hydrogens (primary N) is 1. The van der Waals surface area contributed by atoms with Gasteiger partial charge in [-0.05, 0) is 25.5 Å². The predicted octanol–water partition coefficient (Wildman–Crippen LogP) is 2.93. The SMILES string of the molecule is CCCCCN(C)C(=O)c1c(N)cccc1OCC. The van der Waals surface area contributed by atoms with Crippen molar-refractivity contribution in [2.75, 3.05) is 25.9 Å². The van der Waals surface area contributed by atoms with Gasteiger partial charge in [-0.1, -0.05) is 25.8 Å². The first-order chi connectivity index (χ1) is 9.11.